The van der Waals surface area contributed by atoms with Gasteiger partial charge in [-0.15, -0.1) is 0 Å². The molecule has 1 aromatic heterocycles. The average Bonchev–Trinajstić information content (AvgIpc) is 3.15. The number of nitrogens with one attached hydrogen (secondary N) is 2. The third kappa shape index (κ3) is 4.14. The number of piperidine rings is 1. The molecule has 0 saturated carbocycles. The van der Waals surface area contributed by atoms with Crippen LogP contribution in [0.3, 0.4) is 0 Å². The zero-order valence-corrected chi connectivity index (χ0v) is 15.4. The lowest BCUT2D eigenvalue weighted by molar-refractivity contribution is -0.136. The van der Waals surface area contributed by atoms with E-state index >= 15 is 0 Å². The van der Waals surface area contributed by atoms with Gasteiger partial charge in [-0.05, 0) is 37.1 Å². The van der Waals surface area contributed by atoms with Crippen LogP contribution < -0.4 is 10.1 Å². The molecule has 2 heterocycles. The largest absolute Gasteiger partial charge is 0.484 e. The summed E-state index contributed by atoms with van der Waals surface area (Å²) in [6, 6.07) is 16.9. The fourth-order valence-electron chi connectivity index (χ4n) is 3.37. The Bertz CT molecular complexity index is 929. The molecule has 7 nitrogen and oxygen atoms in total. The van der Waals surface area contributed by atoms with E-state index in [1.54, 1.807) is 4.90 Å². The summed E-state index contributed by atoms with van der Waals surface area (Å²) in [5, 5.41) is 2.86. The second kappa shape index (κ2) is 8.12. The summed E-state index contributed by atoms with van der Waals surface area (Å²) in [4.78, 5) is 34.1. The first-order valence-corrected chi connectivity index (χ1v) is 9.40. The Kier molecular flexibility index (Phi) is 5.23. The van der Waals surface area contributed by atoms with Crippen LogP contribution in [0.4, 0.5) is 5.95 Å². The topological polar surface area (TPSA) is 87.3 Å². The van der Waals surface area contributed by atoms with Crippen molar-refractivity contribution in [3.8, 4) is 5.75 Å². The van der Waals surface area contributed by atoms with Crippen molar-refractivity contribution in [3.05, 3.63) is 54.6 Å². The number of hydrogen-bond acceptors (Lipinski definition) is 4. The van der Waals surface area contributed by atoms with Crippen molar-refractivity contribution < 1.29 is 14.3 Å². The molecule has 3 aromatic rings. The molecular weight excluding hydrogens is 356 g/mol. The van der Waals surface area contributed by atoms with E-state index in [2.05, 4.69) is 15.3 Å². The minimum absolute atomic E-state index is 0.0138. The highest BCUT2D eigenvalue weighted by Crippen LogP contribution is 2.20. The number of aromatic amines is 1. The van der Waals surface area contributed by atoms with Gasteiger partial charge in [-0.1, -0.05) is 30.3 Å². The number of amides is 2. The number of H-pyrrole nitrogens is 1. The number of carbonyl (C=O) groups excluding carboxylic acids is 2. The molecule has 0 spiro atoms. The predicted molar refractivity (Wildman–Crippen MR) is 106 cm³/mol. The molecule has 1 aliphatic rings. The Morgan fingerprint density at radius 3 is 2.54 bits per heavy atom. The van der Waals surface area contributed by atoms with Gasteiger partial charge in [0.05, 0.1) is 11.0 Å². The lowest BCUT2D eigenvalue weighted by atomic mass is 9.96. The van der Waals surface area contributed by atoms with E-state index in [9.17, 15) is 9.59 Å². The van der Waals surface area contributed by atoms with E-state index in [4.69, 9.17) is 4.74 Å². The molecule has 0 aliphatic carbocycles. The maximum atomic E-state index is 12.5. The lowest BCUT2D eigenvalue weighted by Gasteiger charge is -2.31. The van der Waals surface area contributed by atoms with Crippen LogP contribution in [0.15, 0.2) is 54.6 Å². The van der Waals surface area contributed by atoms with E-state index in [1.165, 1.54) is 0 Å². The Morgan fingerprint density at radius 2 is 1.79 bits per heavy atom. The van der Waals surface area contributed by atoms with E-state index in [0.29, 0.717) is 37.6 Å². The first-order chi connectivity index (χ1) is 13.7. The Balaban J connectivity index is 1.26. The molecule has 2 aromatic carbocycles. The van der Waals surface area contributed by atoms with E-state index < -0.39 is 0 Å². The van der Waals surface area contributed by atoms with Crippen molar-refractivity contribution in [2.45, 2.75) is 12.8 Å². The predicted octanol–water partition coefficient (Wildman–Crippen LogP) is 2.82. The lowest BCUT2D eigenvalue weighted by Crippen LogP contribution is -2.43. The molecule has 4 rings (SSSR count). The number of benzene rings is 2. The van der Waals surface area contributed by atoms with Crippen molar-refractivity contribution in [3.63, 3.8) is 0 Å². The number of hydrogen-bond donors (Lipinski definition) is 2. The minimum atomic E-state index is -0.132. The van der Waals surface area contributed by atoms with Crippen molar-refractivity contribution in [2.24, 2.45) is 5.92 Å². The maximum Gasteiger partial charge on any atom is 0.260 e. The van der Waals surface area contributed by atoms with Gasteiger partial charge in [0.15, 0.2) is 6.61 Å². The summed E-state index contributed by atoms with van der Waals surface area (Å²) in [6.07, 6.45) is 1.26. The smallest absolute Gasteiger partial charge is 0.260 e. The molecule has 28 heavy (non-hydrogen) atoms. The number of para-hydroxylation sites is 3. The number of imidazole rings is 1. The Morgan fingerprint density at radius 1 is 1.07 bits per heavy atom. The average molecular weight is 378 g/mol. The summed E-state index contributed by atoms with van der Waals surface area (Å²) in [6.45, 7) is 1.12. The van der Waals surface area contributed by atoms with Crippen LogP contribution >= 0.6 is 0 Å². The molecule has 1 fully saturated rings. The number of carbonyl (C=O) groups is 2. The molecule has 0 radical (unpaired) electrons. The van der Waals surface area contributed by atoms with E-state index in [0.717, 1.165) is 11.0 Å². The molecular formula is C21H22N4O3. The molecule has 1 saturated heterocycles. The monoisotopic (exact) mass is 378 g/mol. The summed E-state index contributed by atoms with van der Waals surface area (Å²) in [5.74, 6) is 0.885. The van der Waals surface area contributed by atoms with Gasteiger partial charge in [-0.3, -0.25) is 14.9 Å². The fourth-order valence-corrected chi connectivity index (χ4v) is 3.37. The third-order valence-corrected chi connectivity index (χ3v) is 4.95. The summed E-state index contributed by atoms with van der Waals surface area (Å²) < 4.78 is 5.52. The maximum absolute atomic E-state index is 12.5. The molecule has 2 N–H and O–H groups in total. The number of aromatic nitrogens is 2. The minimum Gasteiger partial charge on any atom is -0.484 e. The van der Waals surface area contributed by atoms with E-state index in [1.807, 2.05) is 54.6 Å². The van der Waals surface area contributed by atoms with Gasteiger partial charge < -0.3 is 14.6 Å². The Hall–Kier alpha value is -3.35. The molecule has 1 aliphatic heterocycles. The number of fused-ring (bicyclic) bond motifs is 1. The van der Waals surface area contributed by atoms with Crippen molar-refractivity contribution in [2.75, 3.05) is 25.0 Å². The van der Waals surface area contributed by atoms with Gasteiger partial charge in [0.2, 0.25) is 11.9 Å². The van der Waals surface area contributed by atoms with E-state index in [-0.39, 0.29) is 24.3 Å². The van der Waals surface area contributed by atoms with Crippen LogP contribution in [-0.4, -0.2) is 46.4 Å². The highest BCUT2D eigenvalue weighted by atomic mass is 16.5. The van der Waals surface area contributed by atoms with Crippen LogP contribution in [-0.2, 0) is 9.59 Å². The van der Waals surface area contributed by atoms with Crippen molar-refractivity contribution in [1.29, 1.82) is 0 Å². The van der Waals surface area contributed by atoms with Gasteiger partial charge in [0.1, 0.15) is 5.75 Å². The number of likely N-dealkylation sites (tertiary alicyclic amines) is 1. The number of rotatable bonds is 5. The standard InChI is InChI=1S/C21H22N4O3/c26-19(14-28-16-6-2-1-3-7-16)25-12-10-15(11-13-25)20(27)24-21-22-17-8-4-5-9-18(17)23-21/h1-9,15H,10-14H2,(H2,22,23,24,27). The second-order valence-corrected chi connectivity index (χ2v) is 6.85. The number of nitrogens with zero attached hydrogens (tertiary/aromatic N) is 2. The number of anilines is 1. The van der Waals surface area contributed by atoms with Crippen LogP contribution in [0.25, 0.3) is 11.0 Å². The highest BCUT2D eigenvalue weighted by molar-refractivity contribution is 5.93. The second-order valence-electron chi connectivity index (χ2n) is 6.85. The third-order valence-electron chi connectivity index (χ3n) is 4.95. The molecule has 0 atom stereocenters. The molecule has 7 heteroatoms. The van der Waals surface area contributed by atoms with Crippen LogP contribution in [0.2, 0.25) is 0 Å². The van der Waals surface area contributed by atoms with Gasteiger partial charge in [0, 0.05) is 19.0 Å². The number of ether oxygens (including phenoxy) is 1. The van der Waals surface area contributed by atoms with Gasteiger partial charge in [-0.2, -0.15) is 0 Å². The van der Waals surface area contributed by atoms with Crippen LogP contribution in [0.1, 0.15) is 12.8 Å². The van der Waals surface area contributed by atoms with Gasteiger partial charge in [-0.25, -0.2) is 4.98 Å². The zero-order valence-electron chi connectivity index (χ0n) is 15.4. The summed E-state index contributed by atoms with van der Waals surface area (Å²) in [5.41, 5.74) is 1.70. The van der Waals surface area contributed by atoms with Crippen molar-refractivity contribution in [1.82, 2.24) is 14.9 Å². The van der Waals surface area contributed by atoms with Crippen molar-refractivity contribution >= 4 is 28.8 Å². The zero-order chi connectivity index (χ0) is 19.3. The highest BCUT2D eigenvalue weighted by Gasteiger charge is 2.28. The fraction of sp³-hybridized carbons (Fsp3) is 0.286. The molecule has 144 valence electrons. The van der Waals surface area contributed by atoms with Gasteiger partial charge in [0.25, 0.3) is 5.91 Å². The first kappa shape index (κ1) is 18.0. The quantitative estimate of drug-likeness (QED) is 0.715. The first-order valence-electron chi connectivity index (χ1n) is 9.40. The molecule has 0 unspecified atom stereocenters. The Labute approximate surface area is 162 Å². The summed E-state index contributed by atoms with van der Waals surface area (Å²) in [7, 11) is 0. The van der Waals surface area contributed by atoms with Crippen LogP contribution in [0.5, 0.6) is 5.75 Å². The van der Waals surface area contributed by atoms with Crippen LogP contribution in [0, 0.1) is 5.92 Å². The summed E-state index contributed by atoms with van der Waals surface area (Å²) >= 11 is 0. The van der Waals surface area contributed by atoms with Gasteiger partial charge >= 0.3 is 0 Å². The SMILES string of the molecule is O=C(Nc1nc2ccccc2[nH]1)C1CCN(C(=O)COc2ccccc2)CC1. The molecule has 2 amide bonds. The molecule has 0 bridgehead atoms. The normalized spacial score (nSPS) is 14.8.